The minimum Gasteiger partial charge on any atom is -0.379 e. The Labute approximate surface area is 105 Å². The number of hydrogen-bond acceptors (Lipinski definition) is 5. The van der Waals surface area contributed by atoms with Crippen molar-refractivity contribution in [2.75, 3.05) is 74.2 Å². The molecular weight excluding hydrogens is 218 g/mol. The number of nitrogens with zero attached hydrogens (tertiary/aromatic N) is 3. The Kier molecular flexibility index (Phi) is 6.99. The molecule has 1 aliphatic heterocycles. The van der Waals surface area contributed by atoms with Gasteiger partial charge in [-0.05, 0) is 28.2 Å². The van der Waals surface area contributed by atoms with E-state index >= 15 is 0 Å². The van der Waals surface area contributed by atoms with Crippen LogP contribution in [0.3, 0.4) is 0 Å². The second kappa shape index (κ2) is 8.00. The third-order valence-corrected chi connectivity index (χ3v) is 2.82. The summed E-state index contributed by atoms with van der Waals surface area (Å²) >= 11 is 0. The Bertz CT molecular complexity index is 194. The molecule has 1 unspecified atom stereocenters. The molecule has 1 atom stereocenters. The van der Waals surface area contributed by atoms with Crippen molar-refractivity contribution in [1.29, 1.82) is 0 Å². The van der Waals surface area contributed by atoms with E-state index in [9.17, 15) is 0 Å². The monoisotopic (exact) mass is 245 g/mol. The molecule has 1 aliphatic rings. The van der Waals surface area contributed by atoms with Crippen LogP contribution in [0.4, 0.5) is 0 Å². The minimum atomic E-state index is 0.189. The average Bonchev–Trinajstić information content (AvgIpc) is 2.28. The Morgan fingerprint density at radius 2 is 1.76 bits per heavy atom. The first kappa shape index (κ1) is 14.9. The zero-order valence-electron chi connectivity index (χ0n) is 11.7. The molecule has 0 aromatic carbocycles. The fourth-order valence-electron chi connectivity index (χ4n) is 1.82. The molecule has 0 saturated carbocycles. The van der Waals surface area contributed by atoms with E-state index in [-0.39, 0.29) is 6.23 Å². The smallest absolute Gasteiger partial charge is 0.123 e. The number of likely N-dealkylation sites (N-methyl/N-ethyl adjacent to an activating group) is 2. The maximum atomic E-state index is 5.99. The number of rotatable bonds is 7. The van der Waals surface area contributed by atoms with Gasteiger partial charge in [0, 0.05) is 26.2 Å². The lowest BCUT2D eigenvalue weighted by molar-refractivity contribution is -0.105. The van der Waals surface area contributed by atoms with Crippen LogP contribution in [0.2, 0.25) is 0 Å². The fraction of sp³-hybridized carbons (Fsp3) is 1.00. The van der Waals surface area contributed by atoms with E-state index in [4.69, 9.17) is 9.47 Å². The summed E-state index contributed by atoms with van der Waals surface area (Å²) in [5.41, 5.74) is 0. The van der Waals surface area contributed by atoms with Gasteiger partial charge in [0.15, 0.2) is 0 Å². The summed E-state index contributed by atoms with van der Waals surface area (Å²) in [7, 11) is 8.31. The first-order chi connectivity index (χ1) is 8.09. The van der Waals surface area contributed by atoms with Gasteiger partial charge >= 0.3 is 0 Å². The van der Waals surface area contributed by atoms with Crippen molar-refractivity contribution in [3.63, 3.8) is 0 Å². The Morgan fingerprint density at radius 3 is 2.29 bits per heavy atom. The van der Waals surface area contributed by atoms with Gasteiger partial charge in [0.2, 0.25) is 0 Å². The SMILES string of the molecule is CN(C)CCOC(CN(C)C)N1CCOCC1. The third-order valence-electron chi connectivity index (χ3n) is 2.82. The molecule has 5 nitrogen and oxygen atoms in total. The normalized spacial score (nSPS) is 20.1. The molecule has 1 saturated heterocycles. The molecule has 1 rings (SSSR count). The summed E-state index contributed by atoms with van der Waals surface area (Å²) in [5, 5.41) is 0. The van der Waals surface area contributed by atoms with Crippen LogP contribution in [0.5, 0.6) is 0 Å². The lowest BCUT2D eigenvalue weighted by atomic mass is 10.3. The third kappa shape index (κ3) is 6.33. The van der Waals surface area contributed by atoms with E-state index in [0.717, 1.165) is 46.0 Å². The molecule has 0 bridgehead atoms. The van der Waals surface area contributed by atoms with Gasteiger partial charge in [-0.2, -0.15) is 0 Å². The van der Waals surface area contributed by atoms with Crippen LogP contribution in [0.15, 0.2) is 0 Å². The van der Waals surface area contributed by atoms with Gasteiger partial charge < -0.3 is 19.3 Å². The molecular formula is C12H27N3O2. The van der Waals surface area contributed by atoms with Crippen LogP contribution >= 0.6 is 0 Å². The van der Waals surface area contributed by atoms with E-state index in [1.165, 1.54) is 0 Å². The molecule has 17 heavy (non-hydrogen) atoms. The van der Waals surface area contributed by atoms with Gasteiger partial charge in [-0.3, -0.25) is 4.90 Å². The van der Waals surface area contributed by atoms with Crippen molar-refractivity contribution in [2.24, 2.45) is 0 Å². The molecule has 1 heterocycles. The number of morpholine rings is 1. The minimum absolute atomic E-state index is 0.189. The van der Waals surface area contributed by atoms with Crippen molar-refractivity contribution < 1.29 is 9.47 Å². The highest BCUT2D eigenvalue weighted by molar-refractivity contribution is 4.69. The van der Waals surface area contributed by atoms with Crippen molar-refractivity contribution in [1.82, 2.24) is 14.7 Å². The summed E-state index contributed by atoms with van der Waals surface area (Å²) in [6.07, 6.45) is 0.189. The topological polar surface area (TPSA) is 28.2 Å². The van der Waals surface area contributed by atoms with Gasteiger partial charge in [-0.15, -0.1) is 0 Å². The Balaban J connectivity index is 2.35. The largest absolute Gasteiger partial charge is 0.379 e. The quantitative estimate of drug-likeness (QED) is 0.619. The highest BCUT2D eigenvalue weighted by Crippen LogP contribution is 2.06. The zero-order chi connectivity index (χ0) is 12.7. The van der Waals surface area contributed by atoms with Crippen LogP contribution in [-0.4, -0.2) is 95.1 Å². The van der Waals surface area contributed by atoms with E-state index in [1.807, 2.05) is 0 Å². The van der Waals surface area contributed by atoms with Crippen molar-refractivity contribution in [3.8, 4) is 0 Å². The molecule has 1 fully saturated rings. The molecule has 0 amide bonds. The van der Waals surface area contributed by atoms with Crippen LogP contribution in [0.25, 0.3) is 0 Å². The molecule has 5 heteroatoms. The van der Waals surface area contributed by atoms with Gasteiger partial charge in [-0.25, -0.2) is 0 Å². The van der Waals surface area contributed by atoms with Crippen LogP contribution in [0, 0.1) is 0 Å². The standard InChI is InChI=1S/C12H27N3O2/c1-13(2)5-10-17-12(11-14(3)4)15-6-8-16-9-7-15/h12H,5-11H2,1-4H3. The molecule has 0 spiro atoms. The molecule has 102 valence electrons. The van der Waals surface area contributed by atoms with Crippen LogP contribution in [0.1, 0.15) is 0 Å². The van der Waals surface area contributed by atoms with Gasteiger partial charge in [0.1, 0.15) is 6.23 Å². The van der Waals surface area contributed by atoms with Gasteiger partial charge in [0.05, 0.1) is 19.8 Å². The van der Waals surface area contributed by atoms with Crippen molar-refractivity contribution in [2.45, 2.75) is 6.23 Å². The van der Waals surface area contributed by atoms with Crippen LogP contribution in [-0.2, 0) is 9.47 Å². The molecule has 0 aromatic rings. The summed E-state index contributed by atoms with van der Waals surface area (Å²) in [6, 6.07) is 0. The maximum Gasteiger partial charge on any atom is 0.123 e. The van der Waals surface area contributed by atoms with Gasteiger partial charge in [-0.1, -0.05) is 0 Å². The predicted molar refractivity (Wildman–Crippen MR) is 69.2 cm³/mol. The highest BCUT2D eigenvalue weighted by atomic mass is 16.5. The van der Waals surface area contributed by atoms with Crippen molar-refractivity contribution in [3.05, 3.63) is 0 Å². The highest BCUT2D eigenvalue weighted by Gasteiger charge is 2.21. The first-order valence-corrected chi connectivity index (χ1v) is 6.32. The summed E-state index contributed by atoms with van der Waals surface area (Å²) in [5.74, 6) is 0. The lowest BCUT2D eigenvalue weighted by Gasteiger charge is -2.35. The first-order valence-electron chi connectivity index (χ1n) is 6.32. The average molecular weight is 245 g/mol. The van der Waals surface area contributed by atoms with E-state index in [2.05, 4.69) is 42.9 Å². The summed E-state index contributed by atoms with van der Waals surface area (Å²) < 4.78 is 11.4. The van der Waals surface area contributed by atoms with Crippen molar-refractivity contribution >= 4 is 0 Å². The lowest BCUT2D eigenvalue weighted by Crippen LogP contribution is -2.49. The number of ether oxygens (including phenoxy) is 2. The van der Waals surface area contributed by atoms with E-state index < -0.39 is 0 Å². The summed E-state index contributed by atoms with van der Waals surface area (Å²) in [6.45, 7) is 6.27. The Morgan fingerprint density at radius 1 is 1.12 bits per heavy atom. The summed E-state index contributed by atoms with van der Waals surface area (Å²) in [4.78, 5) is 6.70. The fourth-order valence-corrected chi connectivity index (χ4v) is 1.82. The predicted octanol–water partition coefficient (Wildman–Crippen LogP) is -0.215. The van der Waals surface area contributed by atoms with Crippen LogP contribution < -0.4 is 0 Å². The molecule has 0 N–H and O–H groups in total. The van der Waals surface area contributed by atoms with Gasteiger partial charge in [0.25, 0.3) is 0 Å². The molecule has 0 aliphatic carbocycles. The molecule has 0 aromatic heterocycles. The Hall–Kier alpha value is -0.200. The van der Waals surface area contributed by atoms with E-state index in [1.54, 1.807) is 0 Å². The molecule has 0 radical (unpaired) electrons. The second-order valence-corrected chi connectivity index (χ2v) is 5.04. The zero-order valence-corrected chi connectivity index (χ0v) is 11.7. The second-order valence-electron chi connectivity index (χ2n) is 5.04. The maximum absolute atomic E-state index is 5.99. The van der Waals surface area contributed by atoms with E-state index in [0.29, 0.717) is 0 Å². The number of hydrogen-bond donors (Lipinski definition) is 0.